The largest absolute Gasteiger partial charge is 0.303 e. The van der Waals surface area contributed by atoms with E-state index < -0.39 is 0 Å². The monoisotopic (exact) mass is 313 g/mol. The van der Waals surface area contributed by atoms with Gasteiger partial charge in [0.15, 0.2) is 0 Å². The van der Waals surface area contributed by atoms with Gasteiger partial charge in [0, 0.05) is 30.9 Å². The first kappa shape index (κ1) is 14.8. The zero-order valence-electron chi connectivity index (χ0n) is 12.2. The Morgan fingerprint density at radius 1 is 1.40 bits per heavy atom. The quantitative estimate of drug-likeness (QED) is 0.797. The van der Waals surface area contributed by atoms with E-state index in [2.05, 4.69) is 27.2 Å². The van der Waals surface area contributed by atoms with Gasteiger partial charge >= 0.3 is 0 Å². The van der Waals surface area contributed by atoms with E-state index in [-0.39, 0.29) is 0 Å². The van der Waals surface area contributed by atoms with Crippen molar-refractivity contribution < 1.29 is 0 Å². The average Bonchev–Trinajstić information content (AvgIpc) is 2.93. The molecular formula is C15H24ClN3S. The number of hydrogen-bond acceptors (Lipinski definition) is 4. The molecule has 2 aliphatic heterocycles. The smallest absolute Gasteiger partial charge is 0.0941 e. The van der Waals surface area contributed by atoms with Crippen LogP contribution in [-0.2, 0) is 12.3 Å². The van der Waals surface area contributed by atoms with Gasteiger partial charge in [0.1, 0.15) is 0 Å². The topological polar surface area (TPSA) is 19.4 Å². The Hall–Kier alpha value is -0.160. The van der Waals surface area contributed by atoms with Crippen LogP contribution in [0.5, 0.6) is 0 Å². The number of piperidine rings is 2. The van der Waals surface area contributed by atoms with Crippen LogP contribution in [0.15, 0.2) is 5.38 Å². The summed E-state index contributed by atoms with van der Waals surface area (Å²) in [5, 5.41) is 3.33. The number of likely N-dealkylation sites (tertiary alicyclic amines) is 2. The molecule has 0 aromatic carbocycles. The summed E-state index contributed by atoms with van der Waals surface area (Å²) in [4.78, 5) is 9.78. The lowest BCUT2D eigenvalue weighted by atomic mass is 9.84. The van der Waals surface area contributed by atoms with Crippen molar-refractivity contribution in [2.45, 2.75) is 37.6 Å². The number of rotatable bonds is 4. The molecule has 3 nitrogen and oxygen atoms in total. The zero-order chi connectivity index (χ0) is 13.9. The number of hydrogen-bond donors (Lipinski definition) is 0. The molecule has 0 radical (unpaired) electrons. The highest BCUT2D eigenvalue weighted by Crippen LogP contribution is 2.29. The van der Waals surface area contributed by atoms with E-state index in [1.807, 2.05) is 0 Å². The summed E-state index contributed by atoms with van der Waals surface area (Å²) in [6.45, 7) is 4.98. The molecule has 0 saturated carbocycles. The fourth-order valence-electron chi connectivity index (χ4n) is 3.71. The Morgan fingerprint density at radius 2 is 2.30 bits per heavy atom. The predicted octanol–water partition coefficient (Wildman–Crippen LogP) is 2.84. The van der Waals surface area contributed by atoms with Gasteiger partial charge in [-0.3, -0.25) is 0 Å². The standard InChI is InChI=1S/C15H24ClN3S/c1-18-6-2-3-12-10-19(7-4-14(12)18)8-5-15-17-13(9-16)11-20-15/h11-12,14H,2-10H2,1H3. The van der Waals surface area contributed by atoms with Gasteiger partial charge in [-0.25, -0.2) is 4.98 Å². The molecule has 0 spiro atoms. The molecule has 2 saturated heterocycles. The third-order valence-corrected chi connectivity index (χ3v) is 6.04. The van der Waals surface area contributed by atoms with Gasteiger partial charge < -0.3 is 9.80 Å². The molecule has 2 unspecified atom stereocenters. The van der Waals surface area contributed by atoms with Crippen LogP contribution in [0.3, 0.4) is 0 Å². The van der Waals surface area contributed by atoms with E-state index in [0.717, 1.165) is 30.6 Å². The molecule has 5 heteroatoms. The Morgan fingerprint density at radius 3 is 3.10 bits per heavy atom. The summed E-state index contributed by atoms with van der Waals surface area (Å²) < 4.78 is 0. The first-order chi connectivity index (χ1) is 9.76. The lowest BCUT2D eigenvalue weighted by Crippen LogP contribution is -2.52. The summed E-state index contributed by atoms with van der Waals surface area (Å²) in [7, 11) is 2.30. The van der Waals surface area contributed by atoms with E-state index in [4.69, 9.17) is 11.6 Å². The second-order valence-electron chi connectivity index (χ2n) is 6.16. The van der Waals surface area contributed by atoms with Crippen LogP contribution >= 0.6 is 22.9 Å². The molecule has 1 aromatic rings. The number of fused-ring (bicyclic) bond motifs is 1. The number of thiazole rings is 1. The van der Waals surface area contributed by atoms with Crippen molar-refractivity contribution in [1.82, 2.24) is 14.8 Å². The predicted molar refractivity (Wildman–Crippen MR) is 85.6 cm³/mol. The van der Waals surface area contributed by atoms with Gasteiger partial charge in [-0.15, -0.1) is 22.9 Å². The van der Waals surface area contributed by atoms with E-state index in [1.165, 1.54) is 43.9 Å². The lowest BCUT2D eigenvalue weighted by Gasteiger charge is -2.46. The first-order valence-corrected chi connectivity index (χ1v) is 9.09. The van der Waals surface area contributed by atoms with Crippen LogP contribution in [0.2, 0.25) is 0 Å². The zero-order valence-corrected chi connectivity index (χ0v) is 13.8. The molecule has 3 heterocycles. The highest BCUT2D eigenvalue weighted by Gasteiger charge is 2.33. The van der Waals surface area contributed by atoms with Crippen molar-refractivity contribution in [2.24, 2.45) is 5.92 Å². The molecule has 0 N–H and O–H groups in total. The van der Waals surface area contributed by atoms with E-state index >= 15 is 0 Å². The number of nitrogens with zero attached hydrogens (tertiary/aromatic N) is 3. The van der Waals surface area contributed by atoms with Crippen LogP contribution in [0, 0.1) is 5.92 Å². The minimum absolute atomic E-state index is 0.538. The molecule has 0 amide bonds. The number of aromatic nitrogens is 1. The van der Waals surface area contributed by atoms with Gasteiger partial charge in [-0.05, 0) is 45.3 Å². The number of alkyl halides is 1. The van der Waals surface area contributed by atoms with Crippen LogP contribution in [0.25, 0.3) is 0 Å². The van der Waals surface area contributed by atoms with Gasteiger partial charge in [-0.1, -0.05) is 0 Å². The third kappa shape index (κ3) is 3.35. The van der Waals surface area contributed by atoms with Crippen molar-refractivity contribution >= 4 is 22.9 Å². The van der Waals surface area contributed by atoms with Gasteiger partial charge in [0.05, 0.1) is 16.6 Å². The molecule has 2 aliphatic rings. The summed E-state index contributed by atoms with van der Waals surface area (Å²) in [6.07, 6.45) is 5.21. The fraction of sp³-hybridized carbons (Fsp3) is 0.800. The summed E-state index contributed by atoms with van der Waals surface area (Å²) in [5.41, 5.74) is 1.03. The van der Waals surface area contributed by atoms with Crippen molar-refractivity contribution in [1.29, 1.82) is 0 Å². The fourth-order valence-corrected chi connectivity index (χ4v) is 4.73. The van der Waals surface area contributed by atoms with Crippen LogP contribution in [0.1, 0.15) is 30.0 Å². The van der Waals surface area contributed by atoms with E-state index in [9.17, 15) is 0 Å². The molecule has 0 aliphatic carbocycles. The highest BCUT2D eigenvalue weighted by molar-refractivity contribution is 7.09. The maximum Gasteiger partial charge on any atom is 0.0941 e. The summed E-state index contributed by atoms with van der Waals surface area (Å²) in [5.74, 6) is 1.42. The number of halogens is 1. The molecule has 20 heavy (non-hydrogen) atoms. The Kier molecular flexibility index (Phi) is 4.97. The molecule has 112 valence electrons. The van der Waals surface area contributed by atoms with Crippen LogP contribution < -0.4 is 0 Å². The van der Waals surface area contributed by atoms with E-state index in [1.54, 1.807) is 11.3 Å². The Bertz CT molecular complexity index is 437. The van der Waals surface area contributed by atoms with E-state index in [0.29, 0.717) is 5.88 Å². The maximum absolute atomic E-state index is 5.81. The van der Waals surface area contributed by atoms with Gasteiger partial charge in [0.25, 0.3) is 0 Å². The van der Waals surface area contributed by atoms with Crippen molar-refractivity contribution in [3.8, 4) is 0 Å². The van der Waals surface area contributed by atoms with Crippen molar-refractivity contribution in [2.75, 3.05) is 33.2 Å². The Labute approximate surface area is 130 Å². The Balaban J connectivity index is 1.49. The summed E-state index contributed by atoms with van der Waals surface area (Å²) in [6, 6.07) is 0.836. The highest BCUT2D eigenvalue weighted by atomic mass is 35.5. The first-order valence-electron chi connectivity index (χ1n) is 7.68. The van der Waals surface area contributed by atoms with Crippen molar-refractivity contribution in [3.63, 3.8) is 0 Å². The minimum Gasteiger partial charge on any atom is -0.303 e. The second-order valence-corrected chi connectivity index (χ2v) is 7.37. The molecule has 0 bridgehead atoms. The molecular weight excluding hydrogens is 290 g/mol. The normalized spacial score (nSPS) is 28.5. The molecule has 3 rings (SSSR count). The van der Waals surface area contributed by atoms with Crippen molar-refractivity contribution in [3.05, 3.63) is 16.1 Å². The summed E-state index contributed by atoms with van der Waals surface area (Å²) >= 11 is 7.56. The second kappa shape index (κ2) is 6.73. The minimum atomic E-state index is 0.538. The lowest BCUT2D eigenvalue weighted by molar-refractivity contribution is 0.0391. The molecule has 1 aromatic heterocycles. The average molecular weight is 314 g/mol. The SMILES string of the molecule is CN1CCCC2CN(CCc3nc(CCl)cs3)CCC21. The third-order valence-electron chi connectivity index (χ3n) is 4.81. The van der Waals surface area contributed by atoms with Gasteiger partial charge in [-0.2, -0.15) is 0 Å². The maximum atomic E-state index is 5.81. The van der Waals surface area contributed by atoms with Crippen LogP contribution in [-0.4, -0.2) is 54.1 Å². The molecule has 2 atom stereocenters. The van der Waals surface area contributed by atoms with Gasteiger partial charge in [0.2, 0.25) is 0 Å². The van der Waals surface area contributed by atoms with Crippen LogP contribution in [0.4, 0.5) is 0 Å². The molecule has 2 fully saturated rings.